The molecule has 5 aromatic carbocycles. The van der Waals surface area contributed by atoms with Gasteiger partial charge >= 0.3 is 0 Å². The Hall–Kier alpha value is -5.67. The summed E-state index contributed by atoms with van der Waals surface area (Å²) in [6, 6.07) is 44.8. The predicted molar refractivity (Wildman–Crippen MR) is 183 cm³/mol. The van der Waals surface area contributed by atoms with Gasteiger partial charge in [0.05, 0.1) is 11.4 Å². The Bertz CT molecular complexity index is 2210. The average molecular weight is 564 g/mol. The first-order valence-corrected chi connectivity index (χ1v) is 15.1. The molecule has 1 aliphatic rings. The molecule has 0 unspecified atom stereocenters. The SMILES string of the molecule is C1=C(c2ccccc2)CCC=C1c1cc(-c2cccc(-c3cccnc3)c2)nc(-c2cc3ccccc3c3ccccc23)n1. The molecule has 3 heteroatoms. The summed E-state index contributed by atoms with van der Waals surface area (Å²) in [5.74, 6) is 0.729. The summed E-state index contributed by atoms with van der Waals surface area (Å²) in [4.78, 5) is 14.9. The number of aromatic nitrogens is 3. The maximum absolute atomic E-state index is 5.28. The highest BCUT2D eigenvalue weighted by atomic mass is 14.9. The van der Waals surface area contributed by atoms with Gasteiger partial charge in [0.15, 0.2) is 5.82 Å². The van der Waals surface area contributed by atoms with Gasteiger partial charge in [0, 0.05) is 29.1 Å². The molecule has 0 amide bonds. The molecule has 0 aliphatic heterocycles. The molecule has 0 spiro atoms. The molecule has 0 saturated carbocycles. The van der Waals surface area contributed by atoms with E-state index >= 15 is 0 Å². The molecule has 7 aromatic rings. The van der Waals surface area contributed by atoms with Crippen molar-refractivity contribution >= 4 is 32.7 Å². The van der Waals surface area contributed by atoms with E-state index in [0.717, 1.165) is 63.3 Å². The van der Waals surface area contributed by atoms with Crippen LogP contribution in [0.4, 0.5) is 0 Å². The van der Waals surface area contributed by atoms with Crippen LogP contribution in [0, 0.1) is 0 Å². The highest BCUT2D eigenvalue weighted by molar-refractivity contribution is 6.13. The highest BCUT2D eigenvalue weighted by Gasteiger charge is 2.17. The van der Waals surface area contributed by atoms with Crippen molar-refractivity contribution in [2.24, 2.45) is 0 Å². The maximum atomic E-state index is 5.28. The maximum Gasteiger partial charge on any atom is 0.161 e. The van der Waals surface area contributed by atoms with Crippen LogP contribution in [0.2, 0.25) is 0 Å². The van der Waals surface area contributed by atoms with Crippen LogP contribution in [0.3, 0.4) is 0 Å². The number of hydrogen-bond donors (Lipinski definition) is 0. The number of hydrogen-bond acceptors (Lipinski definition) is 3. The van der Waals surface area contributed by atoms with Crippen molar-refractivity contribution < 1.29 is 0 Å². The van der Waals surface area contributed by atoms with Crippen LogP contribution in [0.25, 0.3) is 66.5 Å². The van der Waals surface area contributed by atoms with Gasteiger partial charge in [-0.05, 0) is 87.0 Å². The molecule has 8 rings (SSSR count). The minimum atomic E-state index is 0.729. The van der Waals surface area contributed by atoms with E-state index in [1.807, 2.05) is 12.3 Å². The fraction of sp³-hybridized carbons (Fsp3) is 0.0488. The number of nitrogens with zero attached hydrogens (tertiary/aromatic N) is 3. The third kappa shape index (κ3) is 4.89. The molecule has 0 fully saturated rings. The first-order valence-electron chi connectivity index (χ1n) is 15.1. The van der Waals surface area contributed by atoms with Gasteiger partial charge in [-0.3, -0.25) is 4.98 Å². The van der Waals surface area contributed by atoms with Gasteiger partial charge in [-0.2, -0.15) is 0 Å². The second-order valence-corrected chi connectivity index (χ2v) is 11.2. The van der Waals surface area contributed by atoms with Crippen molar-refractivity contribution in [3.8, 4) is 33.8 Å². The molecule has 0 saturated heterocycles. The fourth-order valence-electron chi connectivity index (χ4n) is 6.25. The van der Waals surface area contributed by atoms with E-state index in [4.69, 9.17) is 9.97 Å². The summed E-state index contributed by atoms with van der Waals surface area (Å²) in [5, 5.41) is 4.77. The largest absolute Gasteiger partial charge is 0.264 e. The van der Waals surface area contributed by atoms with Gasteiger partial charge in [0.1, 0.15) is 0 Å². The lowest BCUT2D eigenvalue weighted by atomic mass is 9.92. The Morgan fingerprint density at radius 3 is 2.11 bits per heavy atom. The first-order chi connectivity index (χ1) is 21.8. The average Bonchev–Trinajstić information content (AvgIpc) is 3.12. The molecule has 2 aromatic heterocycles. The summed E-state index contributed by atoms with van der Waals surface area (Å²) >= 11 is 0. The normalized spacial score (nSPS) is 13.1. The van der Waals surface area contributed by atoms with E-state index in [1.54, 1.807) is 6.20 Å². The Morgan fingerprint density at radius 1 is 0.523 bits per heavy atom. The summed E-state index contributed by atoms with van der Waals surface area (Å²) in [7, 11) is 0. The standard InChI is InChI=1S/C41H29N3/c1-2-11-28(12-3-1)29-14-8-16-32(23-29)39-26-40(33-17-9-15-30(24-33)34-18-10-22-42-27-34)44-41(43-39)38-25-31-13-4-5-19-35(31)36-20-6-7-21-37(36)38/h1-7,9-13,15-27H,8,14H2. The molecule has 208 valence electrons. The lowest BCUT2D eigenvalue weighted by Crippen LogP contribution is -2.01. The second-order valence-electron chi connectivity index (χ2n) is 11.2. The van der Waals surface area contributed by atoms with Gasteiger partial charge in [0.25, 0.3) is 0 Å². The van der Waals surface area contributed by atoms with E-state index in [0.29, 0.717) is 0 Å². The molecule has 3 nitrogen and oxygen atoms in total. The summed E-state index contributed by atoms with van der Waals surface area (Å²) in [6.07, 6.45) is 10.3. The summed E-state index contributed by atoms with van der Waals surface area (Å²) in [6.45, 7) is 0. The van der Waals surface area contributed by atoms with Crippen LogP contribution < -0.4 is 0 Å². The monoisotopic (exact) mass is 563 g/mol. The van der Waals surface area contributed by atoms with E-state index in [2.05, 4.69) is 138 Å². The smallest absolute Gasteiger partial charge is 0.161 e. The quantitative estimate of drug-likeness (QED) is 0.196. The molecule has 0 atom stereocenters. The molecular formula is C41H29N3. The minimum Gasteiger partial charge on any atom is -0.264 e. The van der Waals surface area contributed by atoms with Crippen LogP contribution in [-0.2, 0) is 0 Å². The Kier molecular flexibility index (Phi) is 6.62. The van der Waals surface area contributed by atoms with Gasteiger partial charge in [-0.1, -0.05) is 109 Å². The molecule has 44 heavy (non-hydrogen) atoms. The third-order valence-corrected chi connectivity index (χ3v) is 8.44. The van der Waals surface area contributed by atoms with Gasteiger partial charge in [-0.15, -0.1) is 0 Å². The van der Waals surface area contributed by atoms with Crippen LogP contribution in [0.15, 0.2) is 152 Å². The second kappa shape index (κ2) is 11.2. The lowest BCUT2D eigenvalue weighted by molar-refractivity contribution is 1.05. The minimum absolute atomic E-state index is 0.729. The highest BCUT2D eigenvalue weighted by Crippen LogP contribution is 2.37. The van der Waals surface area contributed by atoms with E-state index in [9.17, 15) is 0 Å². The van der Waals surface area contributed by atoms with Crippen molar-refractivity contribution in [1.82, 2.24) is 15.0 Å². The fourth-order valence-corrected chi connectivity index (χ4v) is 6.25. The van der Waals surface area contributed by atoms with E-state index < -0.39 is 0 Å². The molecule has 0 bridgehead atoms. The van der Waals surface area contributed by atoms with Crippen molar-refractivity contribution in [3.63, 3.8) is 0 Å². The molecule has 0 radical (unpaired) electrons. The summed E-state index contributed by atoms with van der Waals surface area (Å²) in [5.41, 5.74) is 9.83. The number of benzene rings is 5. The Labute approximate surface area is 256 Å². The molecule has 1 aliphatic carbocycles. The number of fused-ring (bicyclic) bond motifs is 3. The first kappa shape index (κ1) is 26.0. The zero-order chi connectivity index (χ0) is 29.3. The number of pyridine rings is 1. The molecular weight excluding hydrogens is 534 g/mol. The van der Waals surface area contributed by atoms with Crippen LogP contribution in [0.1, 0.15) is 24.1 Å². The van der Waals surface area contributed by atoms with Crippen molar-refractivity contribution in [2.75, 3.05) is 0 Å². The topological polar surface area (TPSA) is 38.7 Å². The van der Waals surface area contributed by atoms with E-state index in [-0.39, 0.29) is 0 Å². The Morgan fingerprint density at radius 2 is 1.25 bits per heavy atom. The van der Waals surface area contributed by atoms with Crippen molar-refractivity contribution in [3.05, 3.63) is 163 Å². The van der Waals surface area contributed by atoms with Crippen LogP contribution in [0.5, 0.6) is 0 Å². The number of allylic oxidation sites excluding steroid dienone is 4. The van der Waals surface area contributed by atoms with Crippen molar-refractivity contribution in [2.45, 2.75) is 12.8 Å². The van der Waals surface area contributed by atoms with Gasteiger partial charge < -0.3 is 0 Å². The predicted octanol–water partition coefficient (Wildman–Crippen LogP) is 10.4. The zero-order valence-corrected chi connectivity index (χ0v) is 24.2. The third-order valence-electron chi connectivity index (χ3n) is 8.44. The lowest BCUT2D eigenvalue weighted by Gasteiger charge is -2.17. The van der Waals surface area contributed by atoms with Crippen LogP contribution >= 0.6 is 0 Å². The molecule has 2 heterocycles. The number of rotatable bonds is 5. The van der Waals surface area contributed by atoms with Crippen LogP contribution in [-0.4, -0.2) is 15.0 Å². The summed E-state index contributed by atoms with van der Waals surface area (Å²) < 4.78 is 0. The van der Waals surface area contributed by atoms with E-state index in [1.165, 1.54) is 27.3 Å². The molecule has 0 N–H and O–H groups in total. The van der Waals surface area contributed by atoms with Gasteiger partial charge in [0.2, 0.25) is 0 Å². The Balaban J connectivity index is 1.35. The van der Waals surface area contributed by atoms with Gasteiger partial charge in [-0.25, -0.2) is 9.97 Å². The zero-order valence-electron chi connectivity index (χ0n) is 24.2. The van der Waals surface area contributed by atoms with Crippen molar-refractivity contribution in [1.29, 1.82) is 0 Å².